The van der Waals surface area contributed by atoms with Crippen molar-refractivity contribution in [3.63, 3.8) is 0 Å². The van der Waals surface area contributed by atoms with Crippen LogP contribution in [0.1, 0.15) is 18.1 Å². The Balaban J connectivity index is 0.00000220. The van der Waals surface area contributed by atoms with Crippen molar-refractivity contribution in [2.75, 3.05) is 6.54 Å². The van der Waals surface area contributed by atoms with E-state index in [0.29, 0.717) is 13.1 Å². The van der Waals surface area contributed by atoms with E-state index in [2.05, 4.69) is 32.5 Å². The molecule has 0 aliphatic carbocycles. The van der Waals surface area contributed by atoms with Crippen LogP contribution in [0.25, 0.3) is 0 Å². The number of hydrogen-bond acceptors (Lipinski definition) is 3. The average Bonchev–Trinajstić information content (AvgIpc) is 2.97. The number of hydrogen-bond donors (Lipinski definition) is 3. The molecule has 1 aromatic carbocycles. The zero-order chi connectivity index (χ0) is 14.2. The Morgan fingerprint density at radius 1 is 1.14 bits per heavy atom. The first-order valence-electron chi connectivity index (χ1n) is 6.59. The van der Waals surface area contributed by atoms with Gasteiger partial charge in [0.2, 0.25) is 0 Å². The summed E-state index contributed by atoms with van der Waals surface area (Å²) in [5, 5.41) is 19.9. The second-order valence-electron chi connectivity index (χ2n) is 4.35. The van der Waals surface area contributed by atoms with Gasteiger partial charge in [-0.25, -0.2) is 4.99 Å². The van der Waals surface area contributed by atoms with E-state index in [9.17, 15) is 5.11 Å². The minimum absolute atomic E-state index is 0. The van der Waals surface area contributed by atoms with Gasteiger partial charge in [-0.3, -0.25) is 0 Å². The number of thiophene rings is 1. The van der Waals surface area contributed by atoms with Crippen molar-refractivity contribution in [1.29, 1.82) is 0 Å². The molecule has 4 nitrogen and oxygen atoms in total. The Morgan fingerprint density at radius 2 is 1.90 bits per heavy atom. The number of phenolic OH excluding ortho intramolecular Hbond substituents is 1. The Hall–Kier alpha value is -1.28. The first-order chi connectivity index (χ1) is 9.78. The molecule has 0 spiro atoms. The summed E-state index contributed by atoms with van der Waals surface area (Å²) in [5.74, 6) is 1.08. The molecule has 0 amide bonds. The van der Waals surface area contributed by atoms with Crippen molar-refractivity contribution < 1.29 is 5.11 Å². The molecule has 1 heterocycles. The molecule has 0 saturated carbocycles. The first kappa shape index (κ1) is 17.8. The molecule has 0 aliphatic rings. The molecule has 1 aromatic heterocycles. The first-order valence-corrected chi connectivity index (χ1v) is 7.53. The van der Waals surface area contributed by atoms with Gasteiger partial charge >= 0.3 is 0 Å². The molecule has 0 fully saturated rings. The molecule has 3 N–H and O–H groups in total. The number of aliphatic imine (C=N–C) groups is 1. The van der Waals surface area contributed by atoms with E-state index in [1.807, 2.05) is 19.1 Å². The molecule has 0 bridgehead atoms. The Kier molecular flexibility index (Phi) is 8.14. The molecule has 0 unspecified atom stereocenters. The van der Waals surface area contributed by atoms with Gasteiger partial charge in [-0.2, -0.15) is 11.3 Å². The van der Waals surface area contributed by atoms with Crippen molar-refractivity contribution >= 4 is 41.3 Å². The van der Waals surface area contributed by atoms with Crippen molar-refractivity contribution in [3.8, 4) is 5.75 Å². The van der Waals surface area contributed by atoms with E-state index in [1.165, 1.54) is 5.56 Å². The van der Waals surface area contributed by atoms with E-state index < -0.39 is 0 Å². The topological polar surface area (TPSA) is 56.7 Å². The lowest BCUT2D eigenvalue weighted by Crippen LogP contribution is -2.36. The van der Waals surface area contributed by atoms with Gasteiger partial charge in [0.25, 0.3) is 0 Å². The summed E-state index contributed by atoms with van der Waals surface area (Å²) in [6.45, 7) is 4.22. The van der Waals surface area contributed by atoms with Crippen molar-refractivity contribution in [3.05, 3.63) is 52.2 Å². The summed E-state index contributed by atoms with van der Waals surface area (Å²) in [4.78, 5) is 4.54. The maximum atomic E-state index is 9.25. The number of rotatable bonds is 5. The minimum Gasteiger partial charge on any atom is -0.508 e. The SMILES string of the molecule is CCNC(=NCc1ccsc1)NCc1ccc(O)cc1.I. The maximum Gasteiger partial charge on any atom is 0.191 e. The number of nitrogens with one attached hydrogen (secondary N) is 2. The van der Waals surface area contributed by atoms with Gasteiger partial charge < -0.3 is 15.7 Å². The fraction of sp³-hybridized carbons (Fsp3) is 0.267. The molecule has 6 heteroatoms. The van der Waals surface area contributed by atoms with Gasteiger partial charge in [-0.15, -0.1) is 24.0 Å². The molecule has 0 saturated heterocycles. The third-order valence-electron chi connectivity index (χ3n) is 2.74. The highest BCUT2D eigenvalue weighted by Gasteiger charge is 1.99. The van der Waals surface area contributed by atoms with Crippen molar-refractivity contribution in [1.82, 2.24) is 10.6 Å². The standard InChI is InChI=1S/C15H19N3OS.HI/c1-2-16-15(18-10-13-7-8-20-11-13)17-9-12-3-5-14(19)6-4-12;/h3-8,11,19H,2,9-10H2,1H3,(H2,16,17,18);1H. The summed E-state index contributed by atoms with van der Waals surface area (Å²) in [7, 11) is 0. The van der Waals surface area contributed by atoms with E-state index in [4.69, 9.17) is 0 Å². The maximum absolute atomic E-state index is 9.25. The number of benzene rings is 1. The predicted octanol–water partition coefficient (Wildman–Crippen LogP) is 3.33. The van der Waals surface area contributed by atoms with Gasteiger partial charge in [0.1, 0.15) is 5.75 Å². The monoisotopic (exact) mass is 417 g/mol. The predicted molar refractivity (Wildman–Crippen MR) is 99.5 cm³/mol. The van der Waals surface area contributed by atoms with Crippen LogP contribution in [0.4, 0.5) is 0 Å². The number of guanidine groups is 1. The van der Waals surface area contributed by atoms with Crippen LogP contribution < -0.4 is 10.6 Å². The molecule has 114 valence electrons. The van der Waals surface area contributed by atoms with Crippen LogP contribution in [-0.4, -0.2) is 17.6 Å². The van der Waals surface area contributed by atoms with Crippen molar-refractivity contribution in [2.24, 2.45) is 4.99 Å². The molecule has 21 heavy (non-hydrogen) atoms. The van der Waals surface area contributed by atoms with Crippen molar-refractivity contribution in [2.45, 2.75) is 20.0 Å². The zero-order valence-electron chi connectivity index (χ0n) is 11.9. The molecule has 0 aliphatic heterocycles. The number of phenols is 1. The van der Waals surface area contributed by atoms with Crippen LogP contribution in [0.5, 0.6) is 5.75 Å². The molecule has 0 radical (unpaired) electrons. The van der Waals surface area contributed by atoms with Gasteiger partial charge in [0.05, 0.1) is 6.54 Å². The number of aromatic hydroxyl groups is 1. The molecular formula is C15H20IN3OS. The second kappa shape index (κ2) is 9.62. The van der Waals surface area contributed by atoms with Gasteiger partial charge in [-0.05, 0) is 47.0 Å². The van der Waals surface area contributed by atoms with E-state index >= 15 is 0 Å². The third-order valence-corrected chi connectivity index (χ3v) is 3.47. The number of halogens is 1. The van der Waals surface area contributed by atoms with Crippen LogP contribution in [0.2, 0.25) is 0 Å². The lowest BCUT2D eigenvalue weighted by molar-refractivity contribution is 0.475. The highest BCUT2D eigenvalue weighted by atomic mass is 127. The van der Waals surface area contributed by atoms with Gasteiger partial charge in [-0.1, -0.05) is 12.1 Å². The van der Waals surface area contributed by atoms with E-state index in [0.717, 1.165) is 18.1 Å². The van der Waals surface area contributed by atoms with Gasteiger partial charge in [0, 0.05) is 13.1 Å². The largest absolute Gasteiger partial charge is 0.508 e. The second-order valence-corrected chi connectivity index (χ2v) is 5.13. The highest BCUT2D eigenvalue weighted by molar-refractivity contribution is 14.0. The number of nitrogens with zero attached hydrogens (tertiary/aromatic N) is 1. The Morgan fingerprint density at radius 3 is 2.52 bits per heavy atom. The van der Waals surface area contributed by atoms with E-state index in [-0.39, 0.29) is 29.7 Å². The summed E-state index contributed by atoms with van der Waals surface area (Å²) >= 11 is 1.68. The molecular weight excluding hydrogens is 397 g/mol. The molecule has 2 rings (SSSR count). The van der Waals surface area contributed by atoms with E-state index in [1.54, 1.807) is 23.5 Å². The fourth-order valence-corrected chi connectivity index (χ4v) is 2.35. The normalized spacial score (nSPS) is 10.8. The molecule has 0 atom stereocenters. The van der Waals surface area contributed by atoms with Crippen LogP contribution in [0.15, 0.2) is 46.1 Å². The zero-order valence-corrected chi connectivity index (χ0v) is 15.0. The Bertz CT molecular complexity index is 541. The summed E-state index contributed by atoms with van der Waals surface area (Å²) in [5.41, 5.74) is 2.32. The van der Waals surface area contributed by atoms with Gasteiger partial charge in [0.15, 0.2) is 5.96 Å². The Labute approximate surface area is 146 Å². The van der Waals surface area contributed by atoms with Crippen LogP contribution in [-0.2, 0) is 13.1 Å². The van der Waals surface area contributed by atoms with Crippen LogP contribution in [0, 0.1) is 0 Å². The van der Waals surface area contributed by atoms with Crippen LogP contribution >= 0.6 is 35.3 Å². The summed E-state index contributed by atoms with van der Waals surface area (Å²) in [6.07, 6.45) is 0. The fourth-order valence-electron chi connectivity index (χ4n) is 1.69. The average molecular weight is 417 g/mol. The lowest BCUT2D eigenvalue weighted by atomic mass is 10.2. The third kappa shape index (κ3) is 6.34. The highest BCUT2D eigenvalue weighted by Crippen LogP contribution is 2.09. The summed E-state index contributed by atoms with van der Waals surface area (Å²) < 4.78 is 0. The minimum atomic E-state index is 0. The summed E-state index contributed by atoms with van der Waals surface area (Å²) in [6, 6.07) is 9.24. The molecule has 2 aromatic rings. The quantitative estimate of drug-likeness (QED) is 0.398. The lowest BCUT2D eigenvalue weighted by Gasteiger charge is -2.11. The van der Waals surface area contributed by atoms with Crippen LogP contribution in [0.3, 0.4) is 0 Å². The smallest absolute Gasteiger partial charge is 0.191 e.